The number of fused-ring (bicyclic) bond motifs is 2. The van der Waals surface area contributed by atoms with E-state index in [0.717, 1.165) is 38.6 Å². The molecule has 4 rings (SSSR count). The van der Waals surface area contributed by atoms with Gasteiger partial charge in [0, 0.05) is 26.1 Å². The van der Waals surface area contributed by atoms with Crippen molar-refractivity contribution in [2.45, 2.75) is 32.7 Å². The molecule has 1 aromatic heterocycles. The first-order valence-corrected chi connectivity index (χ1v) is 9.84. The summed E-state index contributed by atoms with van der Waals surface area (Å²) < 4.78 is 0.991. The molecule has 1 aliphatic heterocycles. The molecule has 0 radical (unpaired) electrons. The number of nitrogens with one attached hydrogen (secondary N) is 1. The summed E-state index contributed by atoms with van der Waals surface area (Å²) in [6, 6.07) is 9.80. The van der Waals surface area contributed by atoms with E-state index in [4.69, 9.17) is 11.6 Å². The fraction of sp³-hybridized carbons (Fsp3) is 0.300. The van der Waals surface area contributed by atoms with Crippen molar-refractivity contribution in [2.24, 2.45) is 5.92 Å². The Balaban J connectivity index is 1.89. The second-order valence-corrected chi connectivity index (χ2v) is 8.54. The molecule has 0 saturated heterocycles. The summed E-state index contributed by atoms with van der Waals surface area (Å²) in [5.74, 6) is 0.542. The minimum atomic E-state index is -0.0911. The summed E-state index contributed by atoms with van der Waals surface area (Å²) >= 11 is 9.88. The van der Waals surface area contributed by atoms with Crippen LogP contribution in [0.15, 0.2) is 41.0 Å². The van der Waals surface area contributed by atoms with Crippen LogP contribution in [-0.4, -0.2) is 16.1 Å². The number of aromatic nitrogens is 2. The molecular formula is C20H19BrClN3O. The molecule has 1 unspecified atom stereocenters. The van der Waals surface area contributed by atoms with Gasteiger partial charge >= 0.3 is 0 Å². The van der Waals surface area contributed by atoms with Gasteiger partial charge in [0.15, 0.2) is 0 Å². The molecule has 0 fully saturated rings. The van der Waals surface area contributed by atoms with E-state index in [2.05, 4.69) is 40.0 Å². The first kappa shape index (κ1) is 17.6. The number of aromatic amines is 1. The van der Waals surface area contributed by atoms with Crippen molar-refractivity contribution in [3.05, 3.63) is 57.2 Å². The molecule has 1 atom stereocenters. The van der Waals surface area contributed by atoms with Gasteiger partial charge in [-0.1, -0.05) is 41.4 Å². The summed E-state index contributed by atoms with van der Waals surface area (Å²) in [4.78, 5) is 14.9. The van der Waals surface area contributed by atoms with Gasteiger partial charge in [-0.05, 0) is 48.2 Å². The predicted octanol–water partition coefficient (Wildman–Crippen LogP) is 5.66. The van der Waals surface area contributed by atoms with Gasteiger partial charge in [-0.3, -0.25) is 9.89 Å². The Hall–Kier alpha value is -1.85. The van der Waals surface area contributed by atoms with E-state index in [1.54, 1.807) is 6.20 Å². The van der Waals surface area contributed by atoms with Gasteiger partial charge in [0.05, 0.1) is 24.2 Å². The average molecular weight is 433 g/mol. The Kier molecular flexibility index (Phi) is 4.53. The quantitative estimate of drug-likeness (QED) is 0.578. The molecule has 1 amide bonds. The first-order chi connectivity index (χ1) is 12.4. The summed E-state index contributed by atoms with van der Waals surface area (Å²) in [7, 11) is 0. The van der Waals surface area contributed by atoms with Crippen molar-refractivity contribution in [1.29, 1.82) is 0 Å². The molecule has 6 heteroatoms. The van der Waals surface area contributed by atoms with E-state index in [1.165, 1.54) is 0 Å². The molecule has 134 valence electrons. The van der Waals surface area contributed by atoms with Crippen molar-refractivity contribution in [2.75, 3.05) is 4.90 Å². The summed E-state index contributed by atoms with van der Waals surface area (Å²) in [6.45, 7) is 4.34. The van der Waals surface area contributed by atoms with Crippen LogP contribution in [0.2, 0.25) is 5.02 Å². The first-order valence-electron chi connectivity index (χ1n) is 8.67. The van der Waals surface area contributed by atoms with Crippen molar-refractivity contribution >= 4 is 50.0 Å². The lowest BCUT2D eigenvalue weighted by atomic mass is 9.94. The van der Waals surface area contributed by atoms with Crippen molar-refractivity contribution in [3.63, 3.8) is 0 Å². The standard InChI is InChI=1S/C20H19BrClN3O/c1-11(2)5-18(16-9-15(22)7-13-10-23-24-20(13)16)25-17-4-3-14(21)6-12(17)8-19(25)26/h3-4,6-7,9-11,18H,5,8H2,1-2H3,(H,23,24). The fourth-order valence-corrected chi connectivity index (χ4v) is 4.43. The van der Waals surface area contributed by atoms with Crippen LogP contribution in [-0.2, 0) is 11.2 Å². The SMILES string of the molecule is CC(C)CC(c1cc(Cl)cc2cn[nH]c12)N1C(=O)Cc2cc(Br)ccc21. The maximum atomic E-state index is 12.9. The molecular weight excluding hydrogens is 414 g/mol. The van der Waals surface area contributed by atoms with Crippen molar-refractivity contribution < 1.29 is 4.79 Å². The Morgan fingerprint density at radius 1 is 1.31 bits per heavy atom. The van der Waals surface area contributed by atoms with Crippen molar-refractivity contribution in [1.82, 2.24) is 10.2 Å². The molecule has 3 aromatic rings. The maximum Gasteiger partial charge on any atom is 0.232 e. The van der Waals surface area contributed by atoms with Gasteiger partial charge in [0.25, 0.3) is 0 Å². The molecule has 2 aromatic carbocycles. The molecule has 4 nitrogen and oxygen atoms in total. The highest BCUT2D eigenvalue weighted by Crippen LogP contribution is 2.42. The molecule has 1 N–H and O–H groups in total. The van der Waals surface area contributed by atoms with E-state index in [1.807, 2.05) is 35.2 Å². The highest BCUT2D eigenvalue weighted by Gasteiger charge is 2.35. The number of hydrogen-bond acceptors (Lipinski definition) is 2. The number of anilines is 1. The fourth-order valence-electron chi connectivity index (χ4n) is 3.78. The normalized spacial score (nSPS) is 15.1. The lowest BCUT2D eigenvalue weighted by molar-refractivity contribution is -0.117. The molecule has 26 heavy (non-hydrogen) atoms. The zero-order valence-electron chi connectivity index (χ0n) is 14.6. The largest absolute Gasteiger partial charge is 0.304 e. The number of halogens is 2. The number of carbonyl (C=O) groups excluding carboxylic acids is 1. The van der Waals surface area contributed by atoms with Crippen LogP contribution in [0.4, 0.5) is 5.69 Å². The number of benzene rings is 2. The summed E-state index contributed by atoms with van der Waals surface area (Å²) in [6.07, 6.45) is 3.04. The number of carbonyl (C=O) groups is 1. The Labute approximate surface area is 165 Å². The van der Waals surface area contributed by atoms with E-state index < -0.39 is 0 Å². The zero-order chi connectivity index (χ0) is 18.4. The van der Waals surface area contributed by atoms with E-state index >= 15 is 0 Å². The average Bonchev–Trinajstić information content (AvgIpc) is 3.14. The minimum Gasteiger partial charge on any atom is -0.304 e. The maximum absolute atomic E-state index is 12.9. The van der Waals surface area contributed by atoms with Crippen LogP contribution in [0, 0.1) is 5.92 Å². The van der Waals surface area contributed by atoms with Gasteiger partial charge in [-0.15, -0.1) is 0 Å². The van der Waals surface area contributed by atoms with E-state index in [9.17, 15) is 4.79 Å². The van der Waals surface area contributed by atoms with Crippen LogP contribution in [0.5, 0.6) is 0 Å². The van der Waals surface area contributed by atoms with Crippen LogP contribution in [0.25, 0.3) is 10.9 Å². The van der Waals surface area contributed by atoms with Crippen LogP contribution in [0.1, 0.15) is 37.4 Å². The highest BCUT2D eigenvalue weighted by molar-refractivity contribution is 9.10. The van der Waals surface area contributed by atoms with Crippen LogP contribution >= 0.6 is 27.5 Å². The Morgan fingerprint density at radius 3 is 2.88 bits per heavy atom. The summed E-state index contributed by atoms with van der Waals surface area (Å²) in [5.41, 5.74) is 4.00. The third-order valence-corrected chi connectivity index (χ3v) is 5.53. The molecule has 0 saturated carbocycles. The third kappa shape index (κ3) is 3.03. The third-order valence-electron chi connectivity index (χ3n) is 4.82. The molecule has 0 spiro atoms. The number of rotatable bonds is 4. The van der Waals surface area contributed by atoms with Crippen LogP contribution < -0.4 is 4.90 Å². The second kappa shape index (κ2) is 6.71. The van der Waals surface area contributed by atoms with Gasteiger partial charge in [-0.2, -0.15) is 5.10 Å². The minimum absolute atomic E-state index is 0.0911. The smallest absolute Gasteiger partial charge is 0.232 e. The van der Waals surface area contributed by atoms with Gasteiger partial charge in [0.2, 0.25) is 5.91 Å². The Morgan fingerprint density at radius 2 is 2.12 bits per heavy atom. The van der Waals surface area contributed by atoms with Gasteiger partial charge < -0.3 is 4.90 Å². The van der Waals surface area contributed by atoms with Crippen LogP contribution in [0.3, 0.4) is 0 Å². The van der Waals surface area contributed by atoms with E-state index in [0.29, 0.717) is 17.4 Å². The summed E-state index contributed by atoms with van der Waals surface area (Å²) in [5, 5.41) is 8.88. The molecule has 2 heterocycles. The van der Waals surface area contributed by atoms with Gasteiger partial charge in [-0.25, -0.2) is 0 Å². The lowest BCUT2D eigenvalue weighted by Crippen LogP contribution is -2.32. The number of H-pyrrole nitrogens is 1. The number of hydrogen-bond donors (Lipinski definition) is 1. The lowest BCUT2D eigenvalue weighted by Gasteiger charge is -2.31. The van der Waals surface area contributed by atoms with Gasteiger partial charge in [0.1, 0.15) is 0 Å². The Bertz CT molecular complexity index is 998. The second-order valence-electron chi connectivity index (χ2n) is 7.19. The van der Waals surface area contributed by atoms with E-state index in [-0.39, 0.29) is 11.9 Å². The van der Waals surface area contributed by atoms with Crippen molar-refractivity contribution in [3.8, 4) is 0 Å². The predicted molar refractivity (Wildman–Crippen MR) is 109 cm³/mol. The molecule has 1 aliphatic rings. The topological polar surface area (TPSA) is 49.0 Å². The number of nitrogens with zero attached hydrogens (tertiary/aromatic N) is 2. The zero-order valence-corrected chi connectivity index (χ0v) is 16.9. The highest BCUT2D eigenvalue weighted by atomic mass is 79.9. The molecule has 0 bridgehead atoms. The monoisotopic (exact) mass is 431 g/mol. The molecule has 0 aliphatic carbocycles. The number of amides is 1.